The Morgan fingerprint density at radius 2 is 1.97 bits per heavy atom. The van der Waals surface area contributed by atoms with E-state index in [1.807, 2.05) is 0 Å². The number of H-pyrrole nitrogens is 1. The summed E-state index contributed by atoms with van der Waals surface area (Å²) in [7, 11) is 0. The van der Waals surface area contributed by atoms with Crippen LogP contribution in [-0.4, -0.2) is 47.8 Å². The van der Waals surface area contributed by atoms with Gasteiger partial charge in [0, 0.05) is 10.9 Å². The molecule has 1 aromatic heterocycles. The van der Waals surface area contributed by atoms with Gasteiger partial charge in [0.2, 0.25) is 5.91 Å². The largest absolute Gasteiger partial charge is 0.366 e. The van der Waals surface area contributed by atoms with Crippen LogP contribution in [0.2, 0.25) is 5.02 Å². The van der Waals surface area contributed by atoms with E-state index in [-0.39, 0.29) is 28.1 Å². The number of nitriles is 1. The summed E-state index contributed by atoms with van der Waals surface area (Å²) in [4.78, 5) is 29.1. The quantitative estimate of drug-likeness (QED) is 0.427. The molecule has 3 unspecified atom stereocenters. The Labute approximate surface area is 214 Å². The van der Waals surface area contributed by atoms with E-state index in [0.717, 1.165) is 38.5 Å². The lowest BCUT2D eigenvalue weighted by atomic mass is 9.92. The van der Waals surface area contributed by atoms with Gasteiger partial charge in [-0.05, 0) is 68.6 Å². The molecule has 2 saturated carbocycles. The predicted molar refractivity (Wildman–Crippen MR) is 133 cm³/mol. The molecule has 1 aliphatic heterocycles. The molecule has 3 aliphatic rings. The summed E-state index contributed by atoms with van der Waals surface area (Å²) in [5, 5.41) is 19.5. The highest BCUT2D eigenvalue weighted by atomic mass is 35.5. The Hall–Kier alpha value is -2.67. The van der Waals surface area contributed by atoms with Crippen molar-refractivity contribution in [1.82, 2.24) is 20.9 Å². The van der Waals surface area contributed by atoms with E-state index in [1.54, 1.807) is 0 Å². The zero-order valence-corrected chi connectivity index (χ0v) is 20.8. The number of hydrogen-bond donors (Lipinski definition) is 4. The minimum absolute atomic E-state index is 0.176. The van der Waals surface area contributed by atoms with Crippen molar-refractivity contribution in [2.24, 2.45) is 11.8 Å². The number of halogens is 2. The third kappa shape index (κ3) is 6.00. The number of nitrogens with one attached hydrogen (secondary N) is 4. The van der Waals surface area contributed by atoms with E-state index in [2.05, 4.69) is 27.0 Å². The molecule has 1 aromatic carbocycles. The summed E-state index contributed by atoms with van der Waals surface area (Å²) in [6, 6.07) is 4.76. The lowest BCUT2D eigenvalue weighted by Gasteiger charge is -2.28. The van der Waals surface area contributed by atoms with Crippen LogP contribution >= 0.6 is 11.6 Å². The summed E-state index contributed by atoms with van der Waals surface area (Å²) in [5.74, 6) is -0.788. The van der Waals surface area contributed by atoms with E-state index in [9.17, 15) is 19.2 Å². The van der Waals surface area contributed by atoms with Crippen molar-refractivity contribution in [2.75, 3.05) is 13.3 Å². The number of amides is 2. The molecule has 36 heavy (non-hydrogen) atoms. The maximum absolute atomic E-state index is 13.7. The Morgan fingerprint density at radius 3 is 2.69 bits per heavy atom. The minimum atomic E-state index is -0.771. The molecule has 4 N–H and O–H groups in total. The van der Waals surface area contributed by atoms with Crippen LogP contribution in [-0.2, 0) is 9.53 Å². The van der Waals surface area contributed by atoms with Crippen LogP contribution in [0.5, 0.6) is 0 Å². The first kappa shape index (κ1) is 25.0. The van der Waals surface area contributed by atoms with Gasteiger partial charge in [-0.15, -0.1) is 0 Å². The van der Waals surface area contributed by atoms with E-state index in [0.29, 0.717) is 43.0 Å². The molecule has 2 heterocycles. The second kappa shape index (κ2) is 10.4. The van der Waals surface area contributed by atoms with Gasteiger partial charge < -0.3 is 20.4 Å². The Balaban J connectivity index is 1.22. The highest BCUT2D eigenvalue weighted by molar-refractivity contribution is 6.35. The van der Waals surface area contributed by atoms with Gasteiger partial charge in [-0.3, -0.25) is 14.9 Å². The molecule has 2 aromatic rings. The fourth-order valence-electron chi connectivity index (χ4n) is 5.04. The van der Waals surface area contributed by atoms with Gasteiger partial charge in [-0.25, -0.2) is 4.39 Å². The van der Waals surface area contributed by atoms with Crippen molar-refractivity contribution in [1.29, 1.82) is 5.26 Å². The normalized spacial score (nSPS) is 22.8. The number of aromatic amines is 1. The van der Waals surface area contributed by atoms with Gasteiger partial charge in [0.1, 0.15) is 23.6 Å². The van der Waals surface area contributed by atoms with Gasteiger partial charge in [0.15, 0.2) is 0 Å². The predicted octanol–water partition coefficient (Wildman–Crippen LogP) is 3.76. The van der Waals surface area contributed by atoms with Crippen LogP contribution < -0.4 is 16.0 Å². The number of fused-ring (bicyclic) bond motifs is 1. The number of carbonyl (C=O) groups excluding carboxylic acids is 2. The molecule has 10 heteroatoms. The van der Waals surface area contributed by atoms with Crippen LogP contribution in [0, 0.1) is 29.0 Å². The third-order valence-electron chi connectivity index (χ3n) is 7.61. The Bertz CT molecular complexity index is 1190. The average Bonchev–Trinajstić information content (AvgIpc) is 3.76. The number of nitrogens with zero attached hydrogens (tertiary/aromatic N) is 1. The fraction of sp³-hybridized carbons (Fsp3) is 0.577. The van der Waals surface area contributed by atoms with Crippen LogP contribution in [0.1, 0.15) is 61.9 Å². The maximum Gasteiger partial charge on any atom is 0.268 e. The molecule has 3 atom stereocenters. The van der Waals surface area contributed by atoms with Gasteiger partial charge >= 0.3 is 0 Å². The zero-order chi connectivity index (χ0) is 25.3. The average molecular weight is 516 g/mol. The molecular formula is C26H31ClFN5O3. The highest BCUT2D eigenvalue weighted by Gasteiger charge is 2.43. The molecule has 1 spiro atoms. The van der Waals surface area contributed by atoms with E-state index in [4.69, 9.17) is 16.3 Å². The van der Waals surface area contributed by atoms with E-state index >= 15 is 0 Å². The Morgan fingerprint density at radius 1 is 1.17 bits per heavy atom. The van der Waals surface area contributed by atoms with Gasteiger partial charge in [-0.2, -0.15) is 5.26 Å². The number of aromatic nitrogens is 1. The van der Waals surface area contributed by atoms with Crippen LogP contribution in [0.25, 0.3) is 10.9 Å². The van der Waals surface area contributed by atoms with Crippen molar-refractivity contribution in [3.8, 4) is 6.07 Å². The first-order valence-electron chi connectivity index (χ1n) is 12.7. The van der Waals surface area contributed by atoms with Crippen molar-refractivity contribution >= 4 is 34.3 Å². The molecule has 3 fully saturated rings. The molecule has 5 rings (SSSR count). The second-order valence-corrected chi connectivity index (χ2v) is 11.0. The topological polar surface area (TPSA) is 119 Å². The molecular weight excluding hydrogens is 485 g/mol. The molecule has 8 nitrogen and oxygen atoms in total. The van der Waals surface area contributed by atoms with Crippen LogP contribution in [0.3, 0.4) is 0 Å². The van der Waals surface area contributed by atoms with Gasteiger partial charge in [0.05, 0.1) is 29.9 Å². The molecule has 192 valence electrons. The number of carbonyl (C=O) groups is 2. The minimum Gasteiger partial charge on any atom is -0.366 e. The summed E-state index contributed by atoms with van der Waals surface area (Å²) in [6.07, 6.45) is 7.33. The fourth-order valence-corrected chi connectivity index (χ4v) is 5.30. The second-order valence-electron chi connectivity index (χ2n) is 10.5. The number of hydrogen-bond acceptors (Lipinski definition) is 5. The lowest BCUT2D eigenvalue weighted by Crippen LogP contribution is -2.50. The lowest BCUT2D eigenvalue weighted by molar-refractivity contribution is -0.123. The first-order valence-corrected chi connectivity index (χ1v) is 13.0. The number of benzene rings is 1. The molecule has 0 radical (unpaired) electrons. The SMILES string of the molecule is N#CC(CC1CCC2(CC2)NCOC1)NC(=O)C(CC1CC1)NC(=O)c1cc2cc(F)cc(Cl)c2[nH]1. The summed E-state index contributed by atoms with van der Waals surface area (Å²) < 4.78 is 19.4. The van der Waals surface area contributed by atoms with Gasteiger partial charge in [0.25, 0.3) is 5.91 Å². The van der Waals surface area contributed by atoms with Crippen molar-refractivity contribution in [3.05, 3.63) is 34.7 Å². The van der Waals surface area contributed by atoms with Crippen molar-refractivity contribution in [2.45, 2.75) is 69.0 Å². The Kier molecular flexibility index (Phi) is 7.20. The third-order valence-corrected chi connectivity index (χ3v) is 7.90. The van der Waals surface area contributed by atoms with Crippen molar-refractivity contribution < 1.29 is 18.7 Å². The maximum atomic E-state index is 13.7. The number of ether oxygens (including phenoxy) is 1. The summed E-state index contributed by atoms with van der Waals surface area (Å²) in [6.45, 7) is 1.06. The smallest absolute Gasteiger partial charge is 0.268 e. The monoisotopic (exact) mass is 515 g/mol. The van der Waals surface area contributed by atoms with Crippen LogP contribution in [0.4, 0.5) is 4.39 Å². The van der Waals surface area contributed by atoms with E-state index in [1.165, 1.54) is 18.2 Å². The van der Waals surface area contributed by atoms with Crippen LogP contribution in [0.15, 0.2) is 18.2 Å². The van der Waals surface area contributed by atoms with Gasteiger partial charge in [-0.1, -0.05) is 24.4 Å². The number of rotatable bonds is 8. The van der Waals surface area contributed by atoms with Crippen molar-refractivity contribution in [3.63, 3.8) is 0 Å². The first-order chi connectivity index (χ1) is 17.3. The standard InChI is InChI=1S/C26H31ClFN5O3/c27-20-11-18(28)9-17-10-22(32-23(17)20)25(35)33-21(8-15-1-2-15)24(34)31-19(12-29)7-16-3-4-26(5-6-26)30-14-36-13-16/h9-11,15-16,19,21,30,32H,1-8,13-14H2,(H,31,34)(H,33,35). The molecule has 1 saturated heterocycles. The van der Waals surface area contributed by atoms with E-state index < -0.39 is 23.8 Å². The highest BCUT2D eigenvalue weighted by Crippen LogP contribution is 2.41. The molecule has 0 bridgehead atoms. The summed E-state index contributed by atoms with van der Waals surface area (Å²) >= 11 is 6.10. The zero-order valence-electron chi connectivity index (χ0n) is 20.0. The molecule has 2 amide bonds. The molecule has 2 aliphatic carbocycles. The summed E-state index contributed by atoms with van der Waals surface area (Å²) in [5.41, 5.74) is 0.847.